The molecule has 26 heavy (non-hydrogen) atoms. The second-order valence-corrected chi connectivity index (χ2v) is 7.79. The first kappa shape index (κ1) is 21.6. The molecule has 0 saturated carbocycles. The third-order valence-electron chi connectivity index (χ3n) is 5.71. The van der Waals surface area contributed by atoms with Crippen LogP contribution in [0.3, 0.4) is 0 Å². The molecule has 0 amide bonds. The molecule has 0 unspecified atom stereocenters. The molecule has 5 heteroatoms. The highest BCUT2D eigenvalue weighted by molar-refractivity contribution is 5.85. The summed E-state index contributed by atoms with van der Waals surface area (Å²) in [5.74, 6) is 0.858. The lowest BCUT2D eigenvalue weighted by Crippen LogP contribution is -2.48. The van der Waals surface area contributed by atoms with Crippen molar-refractivity contribution in [2.75, 3.05) is 52.5 Å². The molecule has 2 aliphatic heterocycles. The second kappa shape index (κ2) is 11.9. The zero-order chi connectivity index (χ0) is 17.3. The maximum atomic E-state index is 6.31. The lowest BCUT2D eigenvalue weighted by molar-refractivity contribution is 0.0421. The third-order valence-corrected chi connectivity index (χ3v) is 5.71. The van der Waals surface area contributed by atoms with Gasteiger partial charge in [0.05, 0.1) is 0 Å². The van der Waals surface area contributed by atoms with Crippen LogP contribution >= 0.6 is 12.4 Å². The summed E-state index contributed by atoms with van der Waals surface area (Å²) in [5, 5.41) is 0. The first-order valence-electron chi connectivity index (χ1n) is 10.1. The highest BCUT2D eigenvalue weighted by atomic mass is 35.5. The summed E-state index contributed by atoms with van der Waals surface area (Å²) in [6.07, 6.45) is 5.84. The summed E-state index contributed by atoms with van der Waals surface area (Å²) in [6, 6.07) is 10.9. The van der Waals surface area contributed by atoms with E-state index < -0.39 is 0 Å². The second-order valence-electron chi connectivity index (χ2n) is 7.79. The molecule has 2 N–H and O–H groups in total. The number of nitrogens with two attached hydrogens (primary N) is 1. The van der Waals surface area contributed by atoms with Crippen LogP contribution in [0.1, 0.15) is 31.2 Å². The Bertz CT molecular complexity index is 473. The third kappa shape index (κ3) is 7.53. The van der Waals surface area contributed by atoms with Crippen molar-refractivity contribution in [2.24, 2.45) is 11.7 Å². The quantitative estimate of drug-likeness (QED) is 0.751. The molecule has 0 bridgehead atoms. The molecule has 2 fully saturated rings. The Kier molecular flexibility index (Phi) is 9.94. The molecule has 2 aliphatic rings. The molecule has 148 valence electrons. The van der Waals surface area contributed by atoms with E-state index in [2.05, 4.69) is 40.1 Å². The van der Waals surface area contributed by atoms with Crippen LogP contribution in [0.25, 0.3) is 0 Å². The molecule has 1 aromatic carbocycles. The van der Waals surface area contributed by atoms with Crippen molar-refractivity contribution in [1.82, 2.24) is 9.80 Å². The summed E-state index contributed by atoms with van der Waals surface area (Å²) >= 11 is 0. The zero-order valence-corrected chi connectivity index (χ0v) is 16.8. The Balaban J connectivity index is 0.00000243. The van der Waals surface area contributed by atoms with Gasteiger partial charge in [-0.25, -0.2) is 0 Å². The fourth-order valence-electron chi connectivity index (χ4n) is 4.09. The Labute approximate surface area is 165 Å². The molecule has 0 spiro atoms. The van der Waals surface area contributed by atoms with Crippen LogP contribution in [0.4, 0.5) is 0 Å². The molecule has 4 nitrogen and oxygen atoms in total. The number of benzene rings is 1. The minimum Gasteiger partial charge on any atom is -0.381 e. The molecule has 0 radical (unpaired) electrons. The van der Waals surface area contributed by atoms with E-state index in [1.807, 2.05) is 0 Å². The topological polar surface area (TPSA) is 41.7 Å². The molecular formula is C21H36ClN3O. The van der Waals surface area contributed by atoms with Gasteiger partial charge in [-0.1, -0.05) is 30.3 Å². The maximum absolute atomic E-state index is 6.31. The van der Waals surface area contributed by atoms with Crippen LogP contribution in [0.5, 0.6) is 0 Å². The van der Waals surface area contributed by atoms with Crippen molar-refractivity contribution in [2.45, 2.75) is 38.1 Å². The molecule has 2 heterocycles. The molecular weight excluding hydrogens is 346 g/mol. The fraction of sp³-hybridized carbons (Fsp3) is 0.714. The smallest absolute Gasteiger partial charge is 0.0469 e. The SMILES string of the molecule is Cl.N[C@@H](CCCN1CCN(CC2CCOCC2)CC1)Cc1ccccc1. The van der Waals surface area contributed by atoms with E-state index in [-0.39, 0.29) is 18.4 Å². The Morgan fingerprint density at radius 3 is 2.35 bits per heavy atom. The van der Waals surface area contributed by atoms with E-state index in [0.29, 0.717) is 0 Å². The highest BCUT2D eigenvalue weighted by Gasteiger charge is 2.21. The van der Waals surface area contributed by atoms with Gasteiger partial charge in [0.1, 0.15) is 0 Å². The van der Waals surface area contributed by atoms with Gasteiger partial charge < -0.3 is 20.3 Å². The Morgan fingerprint density at radius 1 is 1.00 bits per heavy atom. The number of nitrogens with zero attached hydrogens (tertiary/aromatic N) is 2. The molecule has 0 aliphatic carbocycles. The molecule has 0 aromatic heterocycles. The van der Waals surface area contributed by atoms with Gasteiger partial charge in [-0.2, -0.15) is 0 Å². The number of halogens is 1. The maximum Gasteiger partial charge on any atom is 0.0469 e. The monoisotopic (exact) mass is 381 g/mol. The number of rotatable bonds is 8. The standard InChI is InChI=1S/C21H35N3O.ClH/c22-21(17-19-5-2-1-3-6-19)7-4-10-23-11-13-24(14-12-23)18-20-8-15-25-16-9-20;/h1-3,5-6,20-21H,4,7-18,22H2;1H/t21-;/m0./s1. The highest BCUT2D eigenvalue weighted by Crippen LogP contribution is 2.17. The number of ether oxygens (including phenoxy) is 1. The molecule has 1 aromatic rings. The van der Waals surface area contributed by atoms with Crippen molar-refractivity contribution in [1.29, 1.82) is 0 Å². The van der Waals surface area contributed by atoms with Crippen molar-refractivity contribution in [3.8, 4) is 0 Å². The minimum absolute atomic E-state index is 0. The van der Waals surface area contributed by atoms with Gasteiger partial charge in [-0.15, -0.1) is 12.4 Å². The predicted molar refractivity (Wildman–Crippen MR) is 111 cm³/mol. The molecule has 1 atom stereocenters. The number of piperazine rings is 1. The van der Waals surface area contributed by atoms with Crippen LogP contribution in [-0.4, -0.2) is 68.3 Å². The van der Waals surface area contributed by atoms with Crippen molar-refractivity contribution >= 4 is 12.4 Å². The van der Waals surface area contributed by atoms with Gasteiger partial charge in [-0.05, 0) is 50.1 Å². The van der Waals surface area contributed by atoms with Crippen LogP contribution in [0.2, 0.25) is 0 Å². The summed E-state index contributed by atoms with van der Waals surface area (Å²) in [6.45, 7) is 9.31. The van der Waals surface area contributed by atoms with Crippen LogP contribution < -0.4 is 5.73 Å². The zero-order valence-electron chi connectivity index (χ0n) is 16.0. The minimum atomic E-state index is 0. The summed E-state index contributed by atoms with van der Waals surface area (Å²) in [5.41, 5.74) is 7.67. The Morgan fingerprint density at radius 2 is 1.65 bits per heavy atom. The summed E-state index contributed by atoms with van der Waals surface area (Å²) in [7, 11) is 0. The van der Waals surface area contributed by atoms with Gasteiger partial charge in [0, 0.05) is 52.0 Å². The lowest BCUT2D eigenvalue weighted by Gasteiger charge is -2.37. The lowest BCUT2D eigenvalue weighted by atomic mass is 9.99. The van der Waals surface area contributed by atoms with Crippen molar-refractivity contribution in [3.63, 3.8) is 0 Å². The van der Waals surface area contributed by atoms with Gasteiger partial charge in [0.25, 0.3) is 0 Å². The van der Waals surface area contributed by atoms with E-state index in [4.69, 9.17) is 10.5 Å². The average Bonchev–Trinajstić information content (AvgIpc) is 2.65. The first-order chi connectivity index (χ1) is 12.3. The van der Waals surface area contributed by atoms with Gasteiger partial charge in [0.15, 0.2) is 0 Å². The van der Waals surface area contributed by atoms with E-state index in [1.54, 1.807) is 0 Å². The fourth-order valence-corrected chi connectivity index (χ4v) is 4.09. The van der Waals surface area contributed by atoms with E-state index in [1.165, 1.54) is 64.1 Å². The van der Waals surface area contributed by atoms with E-state index >= 15 is 0 Å². The Hall–Kier alpha value is -0.650. The van der Waals surface area contributed by atoms with Crippen molar-refractivity contribution < 1.29 is 4.74 Å². The molecule has 2 saturated heterocycles. The first-order valence-corrected chi connectivity index (χ1v) is 10.1. The van der Waals surface area contributed by atoms with Crippen LogP contribution in [-0.2, 0) is 11.2 Å². The van der Waals surface area contributed by atoms with E-state index in [9.17, 15) is 0 Å². The van der Waals surface area contributed by atoms with E-state index in [0.717, 1.165) is 32.0 Å². The average molecular weight is 382 g/mol. The number of hydrogen-bond acceptors (Lipinski definition) is 4. The number of hydrogen-bond donors (Lipinski definition) is 1. The van der Waals surface area contributed by atoms with Gasteiger partial charge in [0.2, 0.25) is 0 Å². The van der Waals surface area contributed by atoms with Crippen LogP contribution in [0, 0.1) is 5.92 Å². The van der Waals surface area contributed by atoms with Gasteiger partial charge in [-0.3, -0.25) is 0 Å². The van der Waals surface area contributed by atoms with Gasteiger partial charge >= 0.3 is 0 Å². The van der Waals surface area contributed by atoms with Crippen LogP contribution in [0.15, 0.2) is 30.3 Å². The van der Waals surface area contributed by atoms with Crippen molar-refractivity contribution in [3.05, 3.63) is 35.9 Å². The largest absolute Gasteiger partial charge is 0.381 e. The normalized spacial score (nSPS) is 21.3. The summed E-state index contributed by atoms with van der Waals surface area (Å²) in [4.78, 5) is 5.28. The summed E-state index contributed by atoms with van der Waals surface area (Å²) < 4.78 is 5.47. The molecule has 3 rings (SSSR count). The predicted octanol–water partition coefficient (Wildman–Crippen LogP) is 2.80.